The highest BCUT2D eigenvalue weighted by Crippen LogP contribution is 2.39. The van der Waals surface area contributed by atoms with Crippen molar-refractivity contribution in [1.29, 1.82) is 0 Å². The number of anilines is 2. The Bertz CT molecular complexity index is 1500. The second-order valence-corrected chi connectivity index (χ2v) is 12.8. The van der Waals surface area contributed by atoms with Gasteiger partial charge in [-0.2, -0.15) is 0 Å². The number of carbonyl (C=O) groups is 1. The van der Waals surface area contributed by atoms with E-state index in [1.165, 1.54) is 5.69 Å². The Kier molecular flexibility index (Phi) is 17.2. The number of ketones is 1. The molecule has 0 amide bonds. The molecular formula is C42H58N3O6+. The maximum absolute atomic E-state index is 13.2. The number of para-hydroxylation sites is 1. The van der Waals surface area contributed by atoms with Crippen LogP contribution in [-0.2, 0) is 23.7 Å². The van der Waals surface area contributed by atoms with Crippen LogP contribution in [0.5, 0.6) is 0 Å². The number of aliphatic hydroxyl groups is 1. The van der Waals surface area contributed by atoms with Crippen LogP contribution in [0.4, 0.5) is 11.4 Å². The molecule has 0 radical (unpaired) electrons. The SMILES string of the molecule is CCCCN(CCCC)c1ccc(C2=C(O)C(=C3C=CC(=[N+](C)CCOCCOCCOCCOCCN(C)c4ccccc4)C=C3)C2=O)cc1. The predicted molar refractivity (Wildman–Crippen MR) is 207 cm³/mol. The van der Waals surface area contributed by atoms with E-state index in [4.69, 9.17) is 18.9 Å². The molecule has 0 fully saturated rings. The molecular weight excluding hydrogens is 642 g/mol. The molecule has 2 aliphatic rings. The van der Waals surface area contributed by atoms with Gasteiger partial charge in [-0.25, -0.2) is 4.58 Å². The van der Waals surface area contributed by atoms with Crippen molar-refractivity contribution in [2.24, 2.45) is 0 Å². The van der Waals surface area contributed by atoms with Crippen molar-refractivity contribution in [2.45, 2.75) is 39.5 Å². The van der Waals surface area contributed by atoms with E-state index in [0.717, 1.165) is 67.9 Å². The molecule has 0 heterocycles. The van der Waals surface area contributed by atoms with Crippen molar-refractivity contribution in [3.05, 3.63) is 101 Å². The van der Waals surface area contributed by atoms with Crippen molar-refractivity contribution in [3.63, 3.8) is 0 Å². The summed E-state index contributed by atoms with van der Waals surface area (Å²) in [5.41, 5.74) is 5.59. The fourth-order valence-electron chi connectivity index (χ4n) is 5.83. The highest BCUT2D eigenvalue weighted by atomic mass is 16.6. The second-order valence-electron chi connectivity index (χ2n) is 12.8. The molecule has 0 saturated carbocycles. The Morgan fingerprint density at radius 1 is 0.647 bits per heavy atom. The van der Waals surface area contributed by atoms with Gasteiger partial charge in [0.1, 0.15) is 19.4 Å². The van der Waals surface area contributed by atoms with Gasteiger partial charge < -0.3 is 33.9 Å². The third-order valence-electron chi connectivity index (χ3n) is 9.06. The van der Waals surface area contributed by atoms with Crippen molar-refractivity contribution in [1.82, 2.24) is 0 Å². The normalized spacial score (nSPS) is 14.0. The Labute approximate surface area is 305 Å². The van der Waals surface area contributed by atoms with Crippen LogP contribution in [0.25, 0.3) is 5.57 Å². The Hall–Kier alpha value is -4.02. The quantitative estimate of drug-likeness (QED) is 0.0741. The number of Topliss-reactive ketones (excluding diaryl/α,β-unsaturated/α-hetero) is 1. The molecule has 0 saturated heterocycles. The summed E-state index contributed by atoms with van der Waals surface area (Å²) in [4.78, 5) is 17.8. The van der Waals surface area contributed by atoms with Crippen LogP contribution in [-0.4, -0.2) is 114 Å². The third kappa shape index (κ3) is 12.3. The number of rotatable bonds is 24. The van der Waals surface area contributed by atoms with Crippen LogP contribution < -0.4 is 9.80 Å². The van der Waals surface area contributed by atoms with E-state index in [-0.39, 0.29) is 11.5 Å². The summed E-state index contributed by atoms with van der Waals surface area (Å²) in [6.45, 7) is 12.4. The second kappa shape index (κ2) is 22.0. The van der Waals surface area contributed by atoms with E-state index in [1.807, 2.05) is 61.7 Å². The van der Waals surface area contributed by atoms with Gasteiger partial charge in [0.15, 0.2) is 12.3 Å². The minimum atomic E-state index is -0.121. The molecule has 51 heavy (non-hydrogen) atoms. The first-order valence-corrected chi connectivity index (χ1v) is 18.5. The van der Waals surface area contributed by atoms with Crippen LogP contribution >= 0.6 is 0 Å². The summed E-state index contributed by atoms with van der Waals surface area (Å²) in [6.07, 6.45) is 12.3. The molecule has 0 aromatic heterocycles. The fourth-order valence-corrected chi connectivity index (χ4v) is 5.83. The molecule has 9 nitrogen and oxygen atoms in total. The zero-order valence-electron chi connectivity index (χ0n) is 31.1. The molecule has 1 N–H and O–H groups in total. The number of allylic oxidation sites excluding steroid dienone is 7. The lowest BCUT2D eigenvalue weighted by atomic mass is 9.80. The molecule has 0 spiro atoms. The average molecular weight is 701 g/mol. The number of ether oxygens (including phenoxy) is 4. The Balaban J connectivity index is 1.09. The lowest BCUT2D eigenvalue weighted by Gasteiger charge is -2.26. The number of unbranched alkanes of at least 4 members (excludes halogenated alkanes) is 2. The number of hydrogen-bond acceptors (Lipinski definition) is 8. The van der Waals surface area contributed by atoms with Crippen LogP contribution in [0.3, 0.4) is 0 Å². The summed E-state index contributed by atoms with van der Waals surface area (Å²) in [7, 11) is 4.06. The number of hydrogen-bond donors (Lipinski definition) is 1. The van der Waals surface area contributed by atoms with Gasteiger partial charge in [-0.15, -0.1) is 0 Å². The number of likely N-dealkylation sites (N-methyl/N-ethyl adjacent to an activating group) is 2. The fraction of sp³-hybridized carbons (Fsp3) is 0.476. The van der Waals surface area contributed by atoms with Crippen LogP contribution in [0, 0.1) is 0 Å². The molecule has 0 atom stereocenters. The standard InChI is InChI=1S/C42H57N3O6/c1-5-7-22-45(23-8-6-2)38-20-16-35(17-21-38)40-41(46)39(42(40)47)34-14-18-37(19-15-34)44(4)25-27-49-29-31-51-33-32-50-30-28-48-26-24-43(3)36-12-10-9-11-13-36/h9-21H,5-8,22-33H2,1-4H3/p+1. The van der Waals surface area contributed by atoms with Crippen molar-refractivity contribution in [2.75, 3.05) is 103 Å². The van der Waals surface area contributed by atoms with Gasteiger partial charge in [-0.1, -0.05) is 57.0 Å². The molecule has 0 unspecified atom stereocenters. The van der Waals surface area contributed by atoms with Crippen LogP contribution in [0.15, 0.2) is 95.8 Å². The lowest BCUT2D eigenvalue weighted by Crippen LogP contribution is -2.26. The minimum Gasteiger partial charge on any atom is -0.506 e. The summed E-state index contributed by atoms with van der Waals surface area (Å²) >= 11 is 0. The molecule has 0 bridgehead atoms. The average Bonchev–Trinajstić information content (AvgIpc) is 3.16. The smallest absolute Gasteiger partial charge is 0.201 e. The Morgan fingerprint density at radius 3 is 1.75 bits per heavy atom. The minimum absolute atomic E-state index is 0.0669. The topological polar surface area (TPSA) is 83.7 Å². The highest BCUT2D eigenvalue weighted by Gasteiger charge is 2.36. The van der Waals surface area contributed by atoms with E-state index in [1.54, 1.807) is 0 Å². The monoisotopic (exact) mass is 700 g/mol. The first-order chi connectivity index (χ1) is 24.9. The molecule has 0 aliphatic heterocycles. The molecule has 4 rings (SSSR count). The predicted octanol–water partition coefficient (Wildman–Crippen LogP) is 6.65. The number of benzene rings is 2. The van der Waals surface area contributed by atoms with Crippen molar-refractivity contribution < 1.29 is 33.4 Å². The molecule has 276 valence electrons. The van der Waals surface area contributed by atoms with Gasteiger partial charge in [0.05, 0.1) is 57.4 Å². The zero-order valence-corrected chi connectivity index (χ0v) is 31.1. The summed E-state index contributed by atoms with van der Waals surface area (Å²) in [5, 5.41) is 10.9. The van der Waals surface area contributed by atoms with Gasteiger partial charge in [-0.3, -0.25) is 4.79 Å². The van der Waals surface area contributed by atoms with Crippen LogP contribution in [0.1, 0.15) is 45.1 Å². The maximum Gasteiger partial charge on any atom is 0.201 e. The van der Waals surface area contributed by atoms with Gasteiger partial charge in [0.25, 0.3) is 0 Å². The summed E-state index contributed by atoms with van der Waals surface area (Å²) in [6, 6.07) is 18.3. The number of aliphatic hydroxyl groups excluding tert-OH is 1. The van der Waals surface area contributed by atoms with Crippen molar-refractivity contribution >= 4 is 28.4 Å². The van der Waals surface area contributed by atoms with Gasteiger partial charge >= 0.3 is 0 Å². The van der Waals surface area contributed by atoms with Crippen molar-refractivity contribution in [3.8, 4) is 0 Å². The maximum atomic E-state index is 13.2. The van der Waals surface area contributed by atoms with Gasteiger partial charge in [-0.05, 0) is 60.4 Å². The van der Waals surface area contributed by atoms with Gasteiger partial charge in [0, 0.05) is 50.2 Å². The lowest BCUT2D eigenvalue weighted by molar-refractivity contribution is -0.499. The summed E-state index contributed by atoms with van der Waals surface area (Å²) < 4.78 is 24.7. The first kappa shape index (κ1) is 39.8. The van der Waals surface area contributed by atoms with Crippen LogP contribution in [0.2, 0.25) is 0 Å². The number of nitrogens with zero attached hydrogens (tertiary/aromatic N) is 3. The molecule has 2 aliphatic carbocycles. The zero-order chi connectivity index (χ0) is 36.3. The third-order valence-corrected chi connectivity index (χ3v) is 9.06. The van der Waals surface area contributed by atoms with Gasteiger partial charge in [0.2, 0.25) is 5.78 Å². The number of carbonyl (C=O) groups excluding carboxylic acids is 1. The van der Waals surface area contributed by atoms with E-state index in [2.05, 4.69) is 59.5 Å². The highest BCUT2D eigenvalue weighted by molar-refractivity contribution is 6.39. The molecule has 9 heteroatoms. The van der Waals surface area contributed by atoms with E-state index >= 15 is 0 Å². The molecule has 2 aromatic carbocycles. The molecule has 2 aromatic rings. The largest absolute Gasteiger partial charge is 0.506 e. The van der Waals surface area contributed by atoms with E-state index in [0.29, 0.717) is 70.5 Å². The first-order valence-electron chi connectivity index (χ1n) is 18.5. The van der Waals surface area contributed by atoms with E-state index < -0.39 is 0 Å². The van der Waals surface area contributed by atoms with E-state index in [9.17, 15) is 9.90 Å². The summed E-state index contributed by atoms with van der Waals surface area (Å²) in [5.74, 6) is -0.0537. The Morgan fingerprint density at radius 2 is 1.20 bits per heavy atom.